The Morgan fingerprint density at radius 2 is 1.58 bits per heavy atom. The summed E-state index contributed by atoms with van der Waals surface area (Å²) in [7, 11) is 0. The summed E-state index contributed by atoms with van der Waals surface area (Å²) in [4.78, 5) is 11.7. The van der Waals surface area contributed by atoms with E-state index in [1.807, 2.05) is 18.2 Å². The number of alkyl halides is 6. The van der Waals surface area contributed by atoms with Crippen LogP contribution in [0.25, 0.3) is 0 Å². The summed E-state index contributed by atoms with van der Waals surface area (Å²) in [5.41, 5.74) is -2.93. The van der Waals surface area contributed by atoms with Gasteiger partial charge in [0.05, 0.1) is 35.9 Å². The van der Waals surface area contributed by atoms with E-state index >= 15 is 0 Å². The fourth-order valence-corrected chi connectivity index (χ4v) is 3.58. The second-order valence-electron chi connectivity index (χ2n) is 7.63. The number of hydrogen-bond donors (Lipinski definition) is 1. The average molecular weight is 445 g/mol. The van der Waals surface area contributed by atoms with Crippen molar-refractivity contribution in [2.75, 3.05) is 13.2 Å². The summed E-state index contributed by atoms with van der Waals surface area (Å²) < 4.78 is 84.7. The van der Waals surface area contributed by atoms with Gasteiger partial charge in [-0.05, 0) is 42.7 Å². The van der Waals surface area contributed by atoms with Crippen LogP contribution in [0.2, 0.25) is 0 Å². The van der Waals surface area contributed by atoms with Crippen LogP contribution in [-0.2, 0) is 27.4 Å². The van der Waals surface area contributed by atoms with E-state index in [9.17, 15) is 31.1 Å². The van der Waals surface area contributed by atoms with Gasteiger partial charge in [-0.2, -0.15) is 26.3 Å². The van der Waals surface area contributed by atoms with E-state index in [0.717, 1.165) is 5.56 Å². The fourth-order valence-electron chi connectivity index (χ4n) is 3.58. The number of carbonyl (C=O) groups excluding carboxylic acids is 1. The van der Waals surface area contributed by atoms with Gasteiger partial charge in [0.2, 0.25) is 0 Å². The van der Waals surface area contributed by atoms with Crippen LogP contribution in [0.3, 0.4) is 0 Å². The molecule has 0 bridgehead atoms. The van der Waals surface area contributed by atoms with Gasteiger partial charge in [0, 0.05) is 6.42 Å². The Hall–Kier alpha value is -2.39. The van der Waals surface area contributed by atoms with Gasteiger partial charge in [0.1, 0.15) is 5.78 Å². The van der Waals surface area contributed by atoms with Gasteiger partial charge in [0.15, 0.2) is 0 Å². The van der Waals surface area contributed by atoms with Crippen LogP contribution < -0.4 is 5.32 Å². The van der Waals surface area contributed by atoms with Gasteiger partial charge >= 0.3 is 12.4 Å². The topological polar surface area (TPSA) is 38.3 Å². The second kappa shape index (κ2) is 8.63. The summed E-state index contributed by atoms with van der Waals surface area (Å²) in [5, 5.41) is 3.14. The smallest absolute Gasteiger partial charge is 0.372 e. The fraction of sp³-hybridized carbons (Fsp3) is 0.409. The number of ether oxygens (including phenoxy) is 1. The summed E-state index contributed by atoms with van der Waals surface area (Å²) >= 11 is 0. The highest BCUT2D eigenvalue weighted by molar-refractivity contribution is 5.81. The number of piperidine rings is 1. The number of Topliss-reactive ketones (excluding diaryl/α,β-unsaturated/α-hetero) is 1. The molecule has 1 heterocycles. The molecule has 0 aromatic heterocycles. The van der Waals surface area contributed by atoms with Crippen LogP contribution in [0.1, 0.15) is 48.1 Å². The highest BCUT2D eigenvalue weighted by atomic mass is 19.4. The molecule has 1 N–H and O–H groups in total. The standard InChI is InChI=1S/C22H21F6NO2/c1-14(15-9-17(21(23,24)25)11-18(10-15)22(26,27)28)31-13-20(8-7-19(30)12-29-20)16-5-3-2-4-6-16/h2-6,9-11,14,29H,7-8,12-13H2,1H3/t14-,20-/m1/s1. The molecule has 0 radical (unpaired) electrons. The molecule has 3 nitrogen and oxygen atoms in total. The number of hydrogen-bond acceptors (Lipinski definition) is 3. The normalized spacial score (nSPS) is 21.2. The molecule has 0 aliphatic carbocycles. The van der Waals surface area contributed by atoms with Crippen LogP contribution >= 0.6 is 0 Å². The molecule has 1 aliphatic heterocycles. The first-order valence-corrected chi connectivity index (χ1v) is 9.64. The molecule has 0 saturated carbocycles. The van der Waals surface area contributed by atoms with Crippen molar-refractivity contribution in [1.29, 1.82) is 0 Å². The predicted molar refractivity (Wildman–Crippen MR) is 101 cm³/mol. The Labute approximate surface area is 175 Å². The minimum absolute atomic E-state index is 0.0206. The molecule has 1 aliphatic rings. The third-order valence-electron chi connectivity index (χ3n) is 5.44. The molecular weight excluding hydrogens is 424 g/mol. The summed E-state index contributed by atoms with van der Waals surface area (Å²) in [6, 6.07) is 10.5. The Bertz CT molecular complexity index is 882. The number of benzene rings is 2. The zero-order chi connectivity index (χ0) is 22.9. The van der Waals surface area contributed by atoms with Crippen molar-refractivity contribution in [3.63, 3.8) is 0 Å². The summed E-state index contributed by atoms with van der Waals surface area (Å²) in [5.74, 6) is 0.0206. The van der Waals surface area contributed by atoms with Crippen molar-refractivity contribution in [3.8, 4) is 0 Å². The predicted octanol–water partition coefficient (Wildman–Crippen LogP) is 5.65. The first-order chi connectivity index (χ1) is 14.4. The zero-order valence-electron chi connectivity index (χ0n) is 16.6. The number of rotatable bonds is 5. The van der Waals surface area contributed by atoms with Crippen LogP contribution in [0, 0.1) is 0 Å². The molecule has 2 aromatic rings. The van der Waals surface area contributed by atoms with Crippen molar-refractivity contribution in [2.24, 2.45) is 0 Å². The van der Waals surface area contributed by atoms with Crippen LogP contribution in [0.5, 0.6) is 0 Å². The van der Waals surface area contributed by atoms with Gasteiger partial charge in [-0.1, -0.05) is 30.3 Å². The number of halogens is 6. The highest BCUT2D eigenvalue weighted by Gasteiger charge is 2.39. The van der Waals surface area contributed by atoms with Gasteiger partial charge in [0.25, 0.3) is 0 Å². The SMILES string of the molecule is C[C@@H](OC[C@@]1(c2ccccc2)CCC(=O)CN1)c1cc(C(F)(F)F)cc(C(F)(F)F)c1. The van der Waals surface area contributed by atoms with Gasteiger partial charge in [-0.15, -0.1) is 0 Å². The quantitative estimate of drug-likeness (QED) is 0.605. The third-order valence-corrected chi connectivity index (χ3v) is 5.44. The molecule has 0 spiro atoms. The Morgan fingerprint density at radius 3 is 2.06 bits per heavy atom. The molecule has 2 atom stereocenters. The molecule has 1 saturated heterocycles. The summed E-state index contributed by atoms with van der Waals surface area (Å²) in [6.07, 6.45) is -10.2. The Morgan fingerprint density at radius 1 is 1.00 bits per heavy atom. The lowest BCUT2D eigenvalue weighted by atomic mass is 9.82. The average Bonchev–Trinajstić information content (AvgIpc) is 2.72. The van der Waals surface area contributed by atoms with Crippen LogP contribution in [0.15, 0.2) is 48.5 Å². The van der Waals surface area contributed by atoms with Crippen LogP contribution in [-0.4, -0.2) is 18.9 Å². The Balaban J connectivity index is 1.87. The Kier molecular flexibility index (Phi) is 6.48. The third kappa shape index (κ3) is 5.46. The lowest BCUT2D eigenvalue weighted by molar-refractivity contribution is -0.143. The van der Waals surface area contributed by atoms with E-state index in [1.165, 1.54) is 6.92 Å². The van der Waals surface area contributed by atoms with Crippen molar-refractivity contribution in [3.05, 3.63) is 70.8 Å². The van der Waals surface area contributed by atoms with Crippen molar-refractivity contribution < 1.29 is 35.9 Å². The minimum Gasteiger partial charge on any atom is -0.372 e. The molecule has 3 rings (SSSR count). The monoisotopic (exact) mass is 445 g/mol. The van der Waals surface area contributed by atoms with Gasteiger partial charge < -0.3 is 4.74 Å². The first-order valence-electron chi connectivity index (χ1n) is 9.64. The lowest BCUT2D eigenvalue weighted by Gasteiger charge is -2.39. The highest BCUT2D eigenvalue weighted by Crippen LogP contribution is 2.38. The number of nitrogens with one attached hydrogen (secondary N) is 1. The molecular formula is C22H21F6NO2. The maximum atomic E-state index is 13.1. The first kappa shape index (κ1) is 23.3. The van der Waals surface area contributed by atoms with E-state index in [4.69, 9.17) is 4.74 Å². The molecule has 31 heavy (non-hydrogen) atoms. The molecule has 2 aromatic carbocycles. The van der Waals surface area contributed by atoms with E-state index in [-0.39, 0.29) is 30.6 Å². The zero-order valence-corrected chi connectivity index (χ0v) is 16.6. The molecule has 0 unspecified atom stereocenters. The maximum Gasteiger partial charge on any atom is 0.416 e. The van der Waals surface area contributed by atoms with Crippen LogP contribution in [0.4, 0.5) is 26.3 Å². The van der Waals surface area contributed by atoms with E-state index < -0.39 is 35.1 Å². The molecule has 1 fully saturated rings. The van der Waals surface area contributed by atoms with Gasteiger partial charge in [-0.3, -0.25) is 10.1 Å². The second-order valence-corrected chi connectivity index (χ2v) is 7.63. The van der Waals surface area contributed by atoms with Crippen molar-refractivity contribution in [2.45, 2.75) is 43.8 Å². The molecule has 168 valence electrons. The largest absolute Gasteiger partial charge is 0.416 e. The molecule has 9 heteroatoms. The van der Waals surface area contributed by atoms with Crippen molar-refractivity contribution in [1.82, 2.24) is 5.32 Å². The van der Waals surface area contributed by atoms with Crippen molar-refractivity contribution >= 4 is 5.78 Å². The molecule has 0 amide bonds. The van der Waals surface area contributed by atoms with Gasteiger partial charge in [-0.25, -0.2) is 0 Å². The number of ketones is 1. The lowest BCUT2D eigenvalue weighted by Crippen LogP contribution is -2.52. The van der Waals surface area contributed by atoms with E-state index in [2.05, 4.69) is 5.32 Å². The van der Waals surface area contributed by atoms with E-state index in [1.54, 1.807) is 12.1 Å². The maximum absolute atomic E-state index is 13.1. The minimum atomic E-state index is -4.92. The summed E-state index contributed by atoms with van der Waals surface area (Å²) in [6.45, 7) is 1.49. The number of carbonyl (C=O) groups is 1. The van der Waals surface area contributed by atoms with E-state index in [0.29, 0.717) is 25.0 Å².